The lowest BCUT2D eigenvalue weighted by Crippen LogP contribution is -2.53. The average Bonchev–Trinajstić information content (AvgIpc) is 3.11. The van der Waals surface area contributed by atoms with Crippen molar-refractivity contribution < 1.29 is 17.6 Å². The van der Waals surface area contributed by atoms with Crippen LogP contribution in [0.1, 0.15) is 29.0 Å². The van der Waals surface area contributed by atoms with Gasteiger partial charge in [-0.2, -0.15) is 0 Å². The zero-order valence-corrected chi connectivity index (χ0v) is 15.4. The molecule has 25 heavy (non-hydrogen) atoms. The van der Waals surface area contributed by atoms with Gasteiger partial charge < -0.3 is 20.0 Å². The highest BCUT2D eigenvalue weighted by atomic mass is 32.2. The van der Waals surface area contributed by atoms with Crippen molar-refractivity contribution in [2.24, 2.45) is 0 Å². The third-order valence-corrected chi connectivity index (χ3v) is 6.53. The number of hydrogen-bond acceptors (Lipinski definition) is 5. The first-order valence-corrected chi connectivity index (χ1v) is 9.51. The number of furan rings is 1. The van der Waals surface area contributed by atoms with E-state index in [0.717, 1.165) is 17.1 Å². The molecule has 0 saturated carbocycles. The second-order valence-electron chi connectivity index (χ2n) is 6.75. The molecule has 0 bridgehead atoms. The Morgan fingerprint density at radius 2 is 2.00 bits per heavy atom. The Morgan fingerprint density at radius 1 is 1.36 bits per heavy atom. The van der Waals surface area contributed by atoms with Gasteiger partial charge in [-0.25, -0.2) is 12.7 Å². The maximum atomic E-state index is 12.8. The summed E-state index contributed by atoms with van der Waals surface area (Å²) < 4.78 is 30.7. The third-order valence-electron chi connectivity index (χ3n) is 4.86. The predicted octanol–water partition coefficient (Wildman–Crippen LogP) is -0.0593. The van der Waals surface area contributed by atoms with Crippen molar-refractivity contribution in [2.75, 3.05) is 33.7 Å². The van der Waals surface area contributed by atoms with Crippen LogP contribution in [0.25, 0.3) is 0 Å². The summed E-state index contributed by atoms with van der Waals surface area (Å²) in [5.74, 6) is 0.398. The number of hydrogen-bond donors (Lipinski definition) is 3. The fourth-order valence-electron chi connectivity index (χ4n) is 3.20. The molecule has 2 saturated heterocycles. The molecule has 138 valence electrons. The molecule has 0 aromatic carbocycles. The monoisotopic (exact) mass is 369 g/mol. The normalized spacial score (nSPS) is 20.0. The smallest absolute Gasteiger partial charge is 0.275 e. The van der Waals surface area contributed by atoms with E-state index in [1.165, 1.54) is 20.2 Å². The van der Waals surface area contributed by atoms with E-state index in [4.69, 9.17) is 9.83 Å². The third kappa shape index (κ3) is 3.11. The maximum absolute atomic E-state index is 12.8. The van der Waals surface area contributed by atoms with Crippen LogP contribution in [-0.4, -0.2) is 68.8 Å². The second kappa shape index (κ2) is 6.03. The van der Waals surface area contributed by atoms with E-state index in [1.807, 2.05) is 0 Å². The number of piperidine rings is 1. The first kappa shape index (κ1) is 17.7. The molecule has 3 N–H and O–H groups in total. The van der Waals surface area contributed by atoms with Crippen LogP contribution in [0.4, 0.5) is 0 Å². The first-order chi connectivity index (χ1) is 11.6. The van der Waals surface area contributed by atoms with Gasteiger partial charge in [-0.3, -0.25) is 10.2 Å². The maximum Gasteiger partial charge on any atom is 0.275 e. The first-order valence-electron chi connectivity index (χ1n) is 8.07. The summed E-state index contributed by atoms with van der Waals surface area (Å²) in [5, 5.41) is 13.5. The molecule has 0 radical (unpaired) electrons. The summed E-state index contributed by atoms with van der Waals surface area (Å²) in [5.41, 5.74) is 0.111. The predicted molar refractivity (Wildman–Crippen MR) is 91.1 cm³/mol. The van der Waals surface area contributed by atoms with Crippen molar-refractivity contribution in [3.63, 3.8) is 0 Å². The zero-order chi connectivity index (χ0) is 18.4. The standard InChI is InChI=1S/C15H23N5O4S/c1-10-11(8-12(24-10)25(22,23)19(2)3)13(21)20-6-4-15(5-7-20)9-17-14(16)18-15/h8H,4-7,9H2,1-3H3,(H3,16,17,18). The zero-order valence-electron chi connectivity index (χ0n) is 14.5. The number of nitrogens with one attached hydrogen (secondary N) is 3. The minimum Gasteiger partial charge on any atom is -0.448 e. The van der Waals surface area contributed by atoms with Crippen molar-refractivity contribution in [1.29, 1.82) is 5.41 Å². The Hall–Kier alpha value is -2.07. The minimum atomic E-state index is -3.71. The van der Waals surface area contributed by atoms with Crippen molar-refractivity contribution >= 4 is 21.9 Å². The molecular formula is C15H23N5O4S. The van der Waals surface area contributed by atoms with Crippen molar-refractivity contribution in [2.45, 2.75) is 30.4 Å². The Balaban J connectivity index is 1.74. The Labute approximate surface area is 146 Å². The molecule has 0 unspecified atom stereocenters. The van der Waals surface area contributed by atoms with E-state index in [-0.39, 0.29) is 22.1 Å². The molecule has 1 spiro atoms. The summed E-state index contributed by atoms with van der Waals surface area (Å²) in [6.07, 6.45) is 1.46. The SMILES string of the molecule is Cc1oc(S(=O)(=O)N(C)C)cc1C(=O)N1CCC2(CC1)CNC(=N)N2. The number of amides is 1. The van der Waals surface area contributed by atoms with Gasteiger partial charge in [-0.15, -0.1) is 0 Å². The molecule has 3 heterocycles. The van der Waals surface area contributed by atoms with Crippen LogP contribution in [0.3, 0.4) is 0 Å². The summed E-state index contributed by atoms with van der Waals surface area (Å²) >= 11 is 0. The van der Waals surface area contributed by atoms with Gasteiger partial charge >= 0.3 is 0 Å². The molecule has 1 aromatic heterocycles. The molecule has 10 heteroatoms. The van der Waals surface area contributed by atoms with E-state index < -0.39 is 10.0 Å². The fourth-order valence-corrected chi connectivity index (χ4v) is 4.05. The number of rotatable bonds is 3. The Bertz CT molecular complexity index is 806. The van der Waals surface area contributed by atoms with Crippen LogP contribution in [-0.2, 0) is 10.0 Å². The number of likely N-dealkylation sites (tertiary alicyclic amines) is 1. The van der Waals surface area contributed by atoms with Crippen LogP contribution < -0.4 is 10.6 Å². The summed E-state index contributed by atoms with van der Waals surface area (Å²) in [7, 11) is -0.882. The summed E-state index contributed by atoms with van der Waals surface area (Å²) in [4.78, 5) is 14.5. The van der Waals surface area contributed by atoms with Crippen LogP contribution in [0, 0.1) is 12.3 Å². The van der Waals surface area contributed by atoms with Gasteiger partial charge in [0.2, 0.25) is 5.09 Å². The lowest BCUT2D eigenvalue weighted by molar-refractivity contribution is 0.0667. The van der Waals surface area contributed by atoms with Crippen LogP contribution >= 0.6 is 0 Å². The van der Waals surface area contributed by atoms with Gasteiger partial charge in [0.25, 0.3) is 15.9 Å². The lowest BCUT2D eigenvalue weighted by atomic mass is 9.88. The number of aryl methyl sites for hydroxylation is 1. The number of sulfonamides is 1. The molecule has 0 aliphatic carbocycles. The summed E-state index contributed by atoms with van der Waals surface area (Å²) in [6, 6.07) is 1.31. The van der Waals surface area contributed by atoms with Gasteiger partial charge in [-0.1, -0.05) is 0 Å². The molecular weight excluding hydrogens is 346 g/mol. The van der Waals surface area contributed by atoms with Crippen LogP contribution in [0.2, 0.25) is 0 Å². The van der Waals surface area contributed by atoms with Gasteiger partial charge in [0.05, 0.1) is 11.1 Å². The second-order valence-corrected chi connectivity index (χ2v) is 8.83. The van der Waals surface area contributed by atoms with Gasteiger partial charge in [0, 0.05) is 39.8 Å². The number of guanidine groups is 1. The van der Waals surface area contributed by atoms with Gasteiger partial charge in [-0.05, 0) is 19.8 Å². The highest BCUT2D eigenvalue weighted by Gasteiger charge is 2.40. The lowest BCUT2D eigenvalue weighted by Gasteiger charge is -2.38. The van der Waals surface area contributed by atoms with Crippen molar-refractivity contribution in [3.8, 4) is 0 Å². The molecule has 1 aromatic rings. The van der Waals surface area contributed by atoms with E-state index in [9.17, 15) is 13.2 Å². The molecule has 3 rings (SSSR count). The fraction of sp³-hybridized carbons (Fsp3) is 0.600. The molecule has 2 aliphatic rings. The van der Waals surface area contributed by atoms with Gasteiger partial charge in [0.15, 0.2) is 5.96 Å². The number of carbonyl (C=O) groups is 1. The average molecular weight is 369 g/mol. The molecule has 9 nitrogen and oxygen atoms in total. The van der Waals surface area contributed by atoms with Crippen LogP contribution in [0.15, 0.2) is 15.6 Å². The topological polar surface area (TPSA) is 119 Å². The highest BCUT2D eigenvalue weighted by Crippen LogP contribution is 2.27. The quantitative estimate of drug-likeness (QED) is 0.687. The van der Waals surface area contributed by atoms with Crippen LogP contribution in [0.5, 0.6) is 0 Å². The molecule has 0 atom stereocenters. The summed E-state index contributed by atoms with van der Waals surface area (Å²) in [6.45, 7) is 3.36. The van der Waals surface area contributed by atoms with Gasteiger partial charge in [0.1, 0.15) is 5.76 Å². The van der Waals surface area contributed by atoms with E-state index in [1.54, 1.807) is 11.8 Å². The number of carbonyl (C=O) groups excluding carboxylic acids is 1. The largest absolute Gasteiger partial charge is 0.448 e. The van der Waals surface area contributed by atoms with E-state index in [0.29, 0.717) is 31.4 Å². The molecule has 2 aliphatic heterocycles. The Kier molecular flexibility index (Phi) is 4.28. The van der Waals surface area contributed by atoms with Crippen molar-refractivity contribution in [3.05, 3.63) is 17.4 Å². The van der Waals surface area contributed by atoms with Crippen molar-refractivity contribution in [1.82, 2.24) is 19.8 Å². The highest BCUT2D eigenvalue weighted by molar-refractivity contribution is 7.88. The Morgan fingerprint density at radius 3 is 2.52 bits per heavy atom. The van der Waals surface area contributed by atoms with E-state index >= 15 is 0 Å². The number of nitrogens with zero attached hydrogens (tertiary/aromatic N) is 2. The minimum absolute atomic E-state index is 0.168. The molecule has 2 fully saturated rings. The van der Waals surface area contributed by atoms with E-state index in [2.05, 4.69) is 10.6 Å². The molecule has 1 amide bonds.